The van der Waals surface area contributed by atoms with Crippen molar-refractivity contribution in [2.75, 3.05) is 19.7 Å². The summed E-state index contributed by atoms with van der Waals surface area (Å²) in [5.74, 6) is 1.64. The Balaban J connectivity index is 1.63. The van der Waals surface area contributed by atoms with Crippen molar-refractivity contribution >= 4 is 11.3 Å². The predicted octanol–water partition coefficient (Wildman–Crippen LogP) is 4.47. The van der Waals surface area contributed by atoms with Gasteiger partial charge in [-0.1, -0.05) is 25.1 Å². The molecule has 0 bridgehead atoms. The molecule has 1 aromatic carbocycles. The molecule has 3 heteroatoms. The van der Waals surface area contributed by atoms with Gasteiger partial charge >= 0.3 is 0 Å². The fourth-order valence-electron chi connectivity index (χ4n) is 3.34. The Bertz CT molecular complexity index is 594. The molecule has 1 atom stereocenters. The molecule has 0 amide bonds. The van der Waals surface area contributed by atoms with Crippen LogP contribution in [0.1, 0.15) is 35.8 Å². The van der Waals surface area contributed by atoms with E-state index in [1.165, 1.54) is 41.7 Å². The highest BCUT2D eigenvalue weighted by Gasteiger charge is 2.16. The zero-order chi connectivity index (χ0) is 15.9. The molecule has 1 N–H and O–H groups in total. The Morgan fingerprint density at radius 3 is 2.91 bits per heavy atom. The summed E-state index contributed by atoms with van der Waals surface area (Å²) in [6.07, 6.45) is 6.10. The van der Waals surface area contributed by atoms with Crippen molar-refractivity contribution in [3.63, 3.8) is 0 Å². The quantitative estimate of drug-likeness (QED) is 0.771. The van der Waals surface area contributed by atoms with E-state index in [0.717, 1.165) is 31.9 Å². The van der Waals surface area contributed by atoms with E-state index in [9.17, 15) is 0 Å². The number of fused-ring (bicyclic) bond motifs is 1. The Hall–Kier alpha value is -1.32. The van der Waals surface area contributed by atoms with Crippen molar-refractivity contribution in [3.8, 4) is 5.75 Å². The van der Waals surface area contributed by atoms with Gasteiger partial charge in [-0.2, -0.15) is 0 Å². The average molecular weight is 330 g/mol. The van der Waals surface area contributed by atoms with Crippen molar-refractivity contribution in [1.82, 2.24) is 5.32 Å². The summed E-state index contributed by atoms with van der Waals surface area (Å²) in [6.45, 7) is 4.99. The van der Waals surface area contributed by atoms with E-state index in [0.29, 0.717) is 5.92 Å². The molecule has 1 unspecified atom stereocenters. The predicted molar refractivity (Wildman–Crippen MR) is 98.6 cm³/mol. The van der Waals surface area contributed by atoms with E-state index >= 15 is 0 Å². The van der Waals surface area contributed by atoms with Gasteiger partial charge in [-0.05, 0) is 67.3 Å². The van der Waals surface area contributed by atoms with Crippen LogP contribution in [0.15, 0.2) is 35.7 Å². The average Bonchev–Trinajstić information content (AvgIpc) is 3.10. The normalized spacial score (nSPS) is 15.2. The molecular weight excluding hydrogens is 302 g/mol. The van der Waals surface area contributed by atoms with Crippen molar-refractivity contribution in [1.29, 1.82) is 0 Å². The number of hydrogen-bond acceptors (Lipinski definition) is 3. The second kappa shape index (κ2) is 8.51. The van der Waals surface area contributed by atoms with Gasteiger partial charge in [0.25, 0.3) is 0 Å². The van der Waals surface area contributed by atoms with E-state index < -0.39 is 0 Å². The molecule has 1 heterocycles. The van der Waals surface area contributed by atoms with Crippen LogP contribution in [0.3, 0.4) is 0 Å². The SMILES string of the molecule is CCNCC(COc1cccc2c1CCCC2)Cc1cccs1. The number of ether oxygens (including phenoxy) is 1. The largest absolute Gasteiger partial charge is 0.493 e. The monoisotopic (exact) mass is 329 g/mol. The highest BCUT2D eigenvalue weighted by molar-refractivity contribution is 7.09. The topological polar surface area (TPSA) is 21.3 Å². The van der Waals surface area contributed by atoms with Gasteiger partial charge in [-0.3, -0.25) is 0 Å². The highest BCUT2D eigenvalue weighted by Crippen LogP contribution is 2.30. The summed E-state index contributed by atoms with van der Waals surface area (Å²) in [7, 11) is 0. The van der Waals surface area contributed by atoms with Crippen LogP contribution in [0.4, 0.5) is 0 Å². The van der Waals surface area contributed by atoms with E-state index in [2.05, 4.69) is 48.0 Å². The molecule has 0 saturated carbocycles. The first kappa shape index (κ1) is 16.5. The van der Waals surface area contributed by atoms with E-state index in [1.807, 2.05) is 11.3 Å². The fraction of sp³-hybridized carbons (Fsp3) is 0.500. The molecule has 0 saturated heterocycles. The summed E-state index contributed by atoms with van der Waals surface area (Å²) < 4.78 is 6.28. The van der Waals surface area contributed by atoms with Crippen LogP contribution in [0.2, 0.25) is 0 Å². The van der Waals surface area contributed by atoms with Crippen molar-refractivity contribution in [2.45, 2.75) is 39.0 Å². The minimum Gasteiger partial charge on any atom is -0.493 e. The standard InChI is InChI=1S/C20H27NOS/c1-2-21-14-16(13-18-9-6-12-23-18)15-22-20-11-5-8-17-7-3-4-10-19(17)20/h5-6,8-9,11-12,16,21H,2-4,7,10,13-15H2,1H3. The molecule has 0 fully saturated rings. The second-order valence-electron chi connectivity index (χ2n) is 6.37. The first-order chi connectivity index (χ1) is 11.4. The molecule has 0 spiro atoms. The summed E-state index contributed by atoms with van der Waals surface area (Å²) in [4.78, 5) is 1.45. The van der Waals surface area contributed by atoms with Crippen molar-refractivity contribution < 1.29 is 4.74 Å². The van der Waals surface area contributed by atoms with Crippen molar-refractivity contribution in [2.24, 2.45) is 5.92 Å². The minimum atomic E-state index is 0.521. The van der Waals surface area contributed by atoms with E-state index in [-0.39, 0.29) is 0 Å². The Morgan fingerprint density at radius 2 is 2.09 bits per heavy atom. The number of nitrogens with one attached hydrogen (secondary N) is 1. The first-order valence-corrected chi connectivity index (χ1v) is 9.71. The number of aryl methyl sites for hydroxylation is 1. The Kier molecular flexibility index (Phi) is 6.12. The minimum absolute atomic E-state index is 0.521. The fourth-order valence-corrected chi connectivity index (χ4v) is 4.16. The molecule has 2 aromatic rings. The molecule has 2 nitrogen and oxygen atoms in total. The number of hydrogen-bond donors (Lipinski definition) is 1. The smallest absolute Gasteiger partial charge is 0.122 e. The number of benzene rings is 1. The van der Waals surface area contributed by atoms with E-state index in [4.69, 9.17) is 4.74 Å². The maximum absolute atomic E-state index is 6.28. The number of rotatable bonds is 8. The third-order valence-corrected chi connectivity index (χ3v) is 5.48. The second-order valence-corrected chi connectivity index (χ2v) is 7.40. The number of thiophene rings is 1. The van der Waals surface area contributed by atoms with E-state index in [1.54, 1.807) is 0 Å². The highest BCUT2D eigenvalue weighted by atomic mass is 32.1. The van der Waals surface area contributed by atoms with Gasteiger partial charge < -0.3 is 10.1 Å². The van der Waals surface area contributed by atoms with Gasteiger partial charge in [0, 0.05) is 17.3 Å². The summed E-state index contributed by atoms with van der Waals surface area (Å²) in [5.41, 5.74) is 2.95. The van der Waals surface area contributed by atoms with Crippen LogP contribution in [-0.2, 0) is 19.3 Å². The maximum atomic E-state index is 6.28. The van der Waals surface area contributed by atoms with Crippen LogP contribution in [0.5, 0.6) is 5.75 Å². The van der Waals surface area contributed by atoms with Gasteiger partial charge in [-0.25, -0.2) is 0 Å². The molecule has 124 valence electrons. The molecular formula is C20H27NOS. The zero-order valence-corrected chi connectivity index (χ0v) is 14.8. The lowest BCUT2D eigenvalue weighted by atomic mass is 9.91. The third kappa shape index (κ3) is 4.58. The van der Waals surface area contributed by atoms with Gasteiger partial charge in [0.1, 0.15) is 5.75 Å². The lowest BCUT2D eigenvalue weighted by Crippen LogP contribution is -2.28. The molecule has 1 aliphatic rings. The van der Waals surface area contributed by atoms with Crippen LogP contribution < -0.4 is 10.1 Å². The molecule has 0 aliphatic heterocycles. The lowest BCUT2D eigenvalue weighted by molar-refractivity contribution is 0.241. The summed E-state index contributed by atoms with van der Waals surface area (Å²) in [5, 5.41) is 5.64. The van der Waals surface area contributed by atoms with Gasteiger partial charge in [-0.15, -0.1) is 11.3 Å². The summed E-state index contributed by atoms with van der Waals surface area (Å²) >= 11 is 1.85. The zero-order valence-electron chi connectivity index (χ0n) is 14.0. The molecule has 23 heavy (non-hydrogen) atoms. The van der Waals surface area contributed by atoms with Gasteiger partial charge in [0.15, 0.2) is 0 Å². The molecule has 1 aliphatic carbocycles. The molecule has 3 rings (SSSR count). The Morgan fingerprint density at radius 1 is 1.17 bits per heavy atom. The molecule has 1 aromatic heterocycles. The van der Waals surface area contributed by atoms with Gasteiger partial charge in [0.2, 0.25) is 0 Å². The first-order valence-electron chi connectivity index (χ1n) is 8.83. The molecule has 0 radical (unpaired) electrons. The van der Waals surface area contributed by atoms with Crippen molar-refractivity contribution in [3.05, 3.63) is 51.7 Å². The van der Waals surface area contributed by atoms with Crippen LogP contribution in [-0.4, -0.2) is 19.7 Å². The Labute approximate surface area is 143 Å². The van der Waals surface area contributed by atoms with Crippen LogP contribution in [0, 0.1) is 5.92 Å². The lowest BCUT2D eigenvalue weighted by Gasteiger charge is -2.22. The van der Waals surface area contributed by atoms with Gasteiger partial charge in [0.05, 0.1) is 6.61 Å². The van der Waals surface area contributed by atoms with Crippen LogP contribution in [0.25, 0.3) is 0 Å². The maximum Gasteiger partial charge on any atom is 0.122 e. The third-order valence-electron chi connectivity index (χ3n) is 4.58. The summed E-state index contributed by atoms with van der Waals surface area (Å²) in [6, 6.07) is 10.9. The van der Waals surface area contributed by atoms with Crippen LogP contribution >= 0.6 is 11.3 Å².